The molecule has 2 aromatic heterocycles. The molecule has 3 rings (SSSR count). The highest BCUT2D eigenvalue weighted by Crippen LogP contribution is 2.25. The normalized spacial score (nSPS) is 10.4. The zero-order valence-electron chi connectivity index (χ0n) is 10.1. The van der Waals surface area contributed by atoms with E-state index >= 15 is 0 Å². The predicted molar refractivity (Wildman–Crippen MR) is 72.3 cm³/mol. The van der Waals surface area contributed by atoms with E-state index in [1.807, 2.05) is 30.5 Å². The summed E-state index contributed by atoms with van der Waals surface area (Å²) in [5.74, 6) is 0. The van der Waals surface area contributed by atoms with Crippen molar-refractivity contribution in [3.05, 3.63) is 65.9 Å². The van der Waals surface area contributed by atoms with Crippen LogP contribution < -0.4 is 0 Å². The number of pyridine rings is 1. The second-order valence-electron chi connectivity index (χ2n) is 4.38. The molecule has 86 valence electrons. The van der Waals surface area contributed by atoms with Crippen molar-refractivity contribution in [3.8, 4) is 17.3 Å². The van der Waals surface area contributed by atoms with Crippen LogP contribution in [0.1, 0.15) is 11.1 Å². The van der Waals surface area contributed by atoms with Crippen molar-refractivity contribution < 1.29 is 0 Å². The van der Waals surface area contributed by atoms with E-state index in [9.17, 15) is 5.26 Å². The average molecular weight is 232 g/mol. The maximum Gasteiger partial charge on any atom is 0.101 e. The Balaban J connectivity index is 2.30. The third-order valence-corrected chi connectivity index (χ3v) is 3.14. The second-order valence-corrected chi connectivity index (χ2v) is 4.38. The van der Waals surface area contributed by atoms with Crippen LogP contribution in [0.2, 0.25) is 0 Å². The number of nitriles is 1. The van der Waals surface area contributed by atoms with Gasteiger partial charge in [0.1, 0.15) is 6.07 Å². The van der Waals surface area contributed by atoms with E-state index in [0.29, 0.717) is 5.56 Å². The molecule has 2 heteroatoms. The van der Waals surface area contributed by atoms with Crippen LogP contribution in [0.3, 0.4) is 0 Å². The van der Waals surface area contributed by atoms with Gasteiger partial charge in [0.25, 0.3) is 0 Å². The molecule has 0 bridgehead atoms. The minimum absolute atomic E-state index is 0.714. The first-order valence-corrected chi connectivity index (χ1v) is 5.87. The van der Waals surface area contributed by atoms with Gasteiger partial charge >= 0.3 is 0 Å². The summed E-state index contributed by atoms with van der Waals surface area (Å²) in [6.07, 6.45) is 1.99. The number of fused-ring (bicyclic) bond motifs is 1. The standard InChI is InChI=1S/C16H12N2/c1-12-5-7-13(8-6-12)16-10-14(11-17)15-4-2-3-9-18(15)16/h2-10H,1H3. The van der Waals surface area contributed by atoms with Gasteiger partial charge in [0.2, 0.25) is 0 Å². The Morgan fingerprint density at radius 2 is 1.83 bits per heavy atom. The fraction of sp³-hybridized carbons (Fsp3) is 0.0625. The molecule has 0 amide bonds. The van der Waals surface area contributed by atoms with Crippen LogP contribution in [0.25, 0.3) is 16.8 Å². The lowest BCUT2D eigenvalue weighted by Crippen LogP contribution is -1.86. The van der Waals surface area contributed by atoms with Crippen LogP contribution in [0.5, 0.6) is 0 Å². The summed E-state index contributed by atoms with van der Waals surface area (Å²) >= 11 is 0. The van der Waals surface area contributed by atoms with Gasteiger partial charge in [0.05, 0.1) is 16.8 Å². The van der Waals surface area contributed by atoms with Crippen molar-refractivity contribution in [1.29, 1.82) is 5.26 Å². The minimum atomic E-state index is 0.714. The van der Waals surface area contributed by atoms with E-state index < -0.39 is 0 Å². The maximum atomic E-state index is 9.18. The number of rotatable bonds is 1. The van der Waals surface area contributed by atoms with Crippen LogP contribution in [-0.2, 0) is 0 Å². The third-order valence-electron chi connectivity index (χ3n) is 3.14. The van der Waals surface area contributed by atoms with Crippen molar-refractivity contribution in [2.75, 3.05) is 0 Å². The van der Waals surface area contributed by atoms with E-state index in [1.165, 1.54) is 5.56 Å². The molecule has 0 saturated carbocycles. The SMILES string of the molecule is Cc1ccc(-c2cc(C#N)c3ccccn23)cc1. The lowest BCUT2D eigenvalue weighted by molar-refractivity contribution is 1.20. The zero-order valence-corrected chi connectivity index (χ0v) is 10.1. The molecule has 3 aromatic rings. The number of nitrogens with zero attached hydrogens (tertiary/aromatic N) is 2. The van der Waals surface area contributed by atoms with E-state index in [0.717, 1.165) is 16.8 Å². The molecule has 18 heavy (non-hydrogen) atoms. The van der Waals surface area contributed by atoms with Gasteiger partial charge < -0.3 is 4.40 Å². The largest absolute Gasteiger partial charge is 0.315 e. The molecule has 0 saturated heterocycles. The monoisotopic (exact) mass is 232 g/mol. The Kier molecular flexibility index (Phi) is 2.39. The topological polar surface area (TPSA) is 28.2 Å². The molecule has 0 aliphatic carbocycles. The van der Waals surface area contributed by atoms with Crippen molar-refractivity contribution in [2.45, 2.75) is 6.92 Å². The van der Waals surface area contributed by atoms with E-state index in [4.69, 9.17) is 0 Å². The number of benzene rings is 1. The molecule has 0 N–H and O–H groups in total. The maximum absolute atomic E-state index is 9.18. The predicted octanol–water partition coefficient (Wildman–Crippen LogP) is 3.79. The smallest absolute Gasteiger partial charge is 0.101 e. The second kappa shape index (κ2) is 4.05. The van der Waals surface area contributed by atoms with Gasteiger partial charge in [-0.1, -0.05) is 35.9 Å². The van der Waals surface area contributed by atoms with Crippen LogP contribution >= 0.6 is 0 Å². The van der Waals surface area contributed by atoms with Crippen LogP contribution in [0.15, 0.2) is 54.7 Å². The van der Waals surface area contributed by atoms with Gasteiger partial charge in [-0.05, 0) is 30.7 Å². The van der Waals surface area contributed by atoms with E-state index in [2.05, 4.69) is 41.7 Å². The van der Waals surface area contributed by atoms with Crippen molar-refractivity contribution in [2.24, 2.45) is 0 Å². The van der Waals surface area contributed by atoms with Crippen LogP contribution in [0, 0.1) is 18.3 Å². The molecular formula is C16H12N2. The molecule has 0 radical (unpaired) electrons. The van der Waals surface area contributed by atoms with Crippen LogP contribution in [0.4, 0.5) is 0 Å². The molecule has 1 aromatic carbocycles. The highest BCUT2D eigenvalue weighted by molar-refractivity contribution is 5.74. The van der Waals surface area contributed by atoms with Gasteiger partial charge in [0, 0.05) is 6.20 Å². The Bertz CT molecular complexity index is 743. The number of aryl methyl sites for hydroxylation is 1. The van der Waals surface area contributed by atoms with Crippen molar-refractivity contribution in [1.82, 2.24) is 4.40 Å². The molecule has 0 atom stereocenters. The van der Waals surface area contributed by atoms with Crippen molar-refractivity contribution in [3.63, 3.8) is 0 Å². The highest BCUT2D eigenvalue weighted by atomic mass is 14.9. The molecule has 2 heterocycles. The Morgan fingerprint density at radius 1 is 1.06 bits per heavy atom. The highest BCUT2D eigenvalue weighted by Gasteiger charge is 2.09. The van der Waals surface area contributed by atoms with Gasteiger partial charge in [-0.25, -0.2) is 0 Å². The Labute approximate surface area is 106 Å². The van der Waals surface area contributed by atoms with E-state index in [1.54, 1.807) is 0 Å². The molecule has 2 nitrogen and oxygen atoms in total. The fourth-order valence-corrected chi connectivity index (χ4v) is 2.19. The minimum Gasteiger partial charge on any atom is -0.315 e. The summed E-state index contributed by atoms with van der Waals surface area (Å²) in [6.45, 7) is 2.07. The molecule has 0 fully saturated rings. The molecular weight excluding hydrogens is 220 g/mol. The van der Waals surface area contributed by atoms with Gasteiger partial charge in [-0.2, -0.15) is 5.26 Å². The Morgan fingerprint density at radius 3 is 2.56 bits per heavy atom. The molecule has 0 aliphatic heterocycles. The zero-order chi connectivity index (χ0) is 12.5. The van der Waals surface area contributed by atoms with Crippen molar-refractivity contribution >= 4 is 5.52 Å². The lowest BCUT2D eigenvalue weighted by atomic mass is 10.1. The summed E-state index contributed by atoms with van der Waals surface area (Å²) in [5.41, 5.74) is 5.09. The molecule has 0 spiro atoms. The van der Waals surface area contributed by atoms with E-state index in [-0.39, 0.29) is 0 Å². The summed E-state index contributed by atoms with van der Waals surface area (Å²) < 4.78 is 2.06. The first-order chi connectivity index (χ1) is 8.79. The lowest BCUT2D eigenvalue weighted by Gasteiger charge is -2.03. The first kappa shape index (κ1) is 10.6. The first-order valence-electron chi connectivity index (χ1n) is 5.87. The summed E-state index contributed by atoms with van der Waals surface area (Å²) in [7, 11) is 0. The summed E-state index contributed by atoms with van der Waals surface area (Å²) in [6, 6.07) is 18.4. The molecule has 0 aliphatic rings. The number of hydrogen-bond donors (Lipinski definition) is 0. The number of hydrogen-bond acceptors (Lipinski definition) is 1. The van der Waals surface area contributed by atoms with Gasteiger partial charge in [0.15, 0.2) is 0 Å². The third kappa shape index (κ3) is 1.57. The fourth-order valence-electron chi connectivity index (χ4n) is 2.19. The number of aromatic nitrogens is 1. The quantitative estimate of drug-likeness (QED) is 0.627. The van der Waals surface area contributed by atoms with Gasteiger partial charge in [-0.15, -0.1) is 0 Å². The molecule has 0 unspecified atom stereocenters. The summed E-state index contributed by atoms with van der Waals surface area (Å²) in [4.78, 5) is 0. The summed E-state index contributed by atoms with van der Waals surface area (Å²) in [5, 5.41) is 9.18. The average Bonchev–Trinajstić information content (AvgIpc) is 2.79. The van der Waals surface area contributed by atoms with Crippen LogP contribution in [-0.4, -0.2) is 4.40 Å². The van der Waals surface area contributed by atoms with Gasteiger partial charge in [-0.3, -0.25) is 0 Å². The Hall–Kier alpha value is -2.53.